The molecule has 0 spiro atoms. The summed E-state index contributed by atoms with van der Waals surface area (Å²) >= 11 is 0. The van der Waals surface area contributed by atoms with Crippen molar-refractivity contribution in [3.63, 3.8) is 0 Å². The van der Waals surface area contributed by atoms with Gasteiger partial charge in [0.05, 0.1) is 6.54 Å². The molecule has 2 amide bonds. The van der Waals surface area contributed by atoms with Crippen LogP contribution in [0.3, 0.4) is 0 Å². The normalized spacial score (nSPS) is 26.6. The zero-order valence-corrected chi connectivity index (χ0v) is 11.5. The van der Waals surface area contributed by atoms with Gasteiger partial charge in [0.15, 0.2) is 0 Å². The van der Waals surface area contributed by atoms with Gasteiger partial charge in [-0.15, -0.1) is 0 Å². The van der Waals surface area contributed by atoms with Crippen LogP contribution in [0, 0.1) is 5.92 Å². The Morgan fingerprint density at radius 3 is 2.60 bits per heavy atom. The molecule has 1 aliphatic carbocycles. The van der Waals surface area contributed by atoms with Crippen molar-refractivity contribution in [1.82, 2.24) is 20.2 Å². The number of amides is 2. The molecule has 0 radical (unpaired) electrons. The minimum Gasteiger partial charge on any atom is -0.342 e. The van der Waals surface area contributed by atoms with E-state index in [0.717, 1.165) is 12.8 Å². The van der Waals surface area contributed by atoms with E-state index < -0.39 is 6.04 Å². The van der Waals surface area contributed by atoms with Crippen LogP contribution in [-0.4, -0.2) is 38.8 Å². The molecule has 6 heteroatoms. The van der Waals surface area contributed by atoms with Crippen molar-refractivity contribution >= 4 is 11.8 Å². The Hall–Kier alpha value is -1.98. The molecule has 2 fully saturated rings. The number of carbonyl (C=O) groups excluding carboxylic acids is 2. The van der Waals surface area contributed by atoms with Gasteiger partial charge in [-0.25, -0.2) is 9.97 Å². The van der Waals surface area contributed by atoms with E-state index in [1.54, 1.807) is 23.4 Å². The van der Waals surface area contributed by atoms with Gasteiger partial charge >= 0.3 is 0 Å². The summed E-state index contributed by atoms with van der Waals surface area (Å²) in [5, 5.41) is 2.87. The molecule has 1 aromatic heterocycles. The Labute approximate surface area is 117 Å². The quantitative estimate of drug-likeness (QED) is 0.867. The average molecular weight is 274 g/mol. The van der Waals surface area contributed by atoms with E-state index in [1.165, 1.54) is 0 Å². The van der Waals surface area contributed by atoms with Crippen LogP contribution in [0.25, 0.3) is 0 Å². The Balaban J connectivity index is 1.83. The van der Waals surface area contributed by atoms with Crippen molar-refractivity contribution in [2.24, 2.45) is 5.92 Å². The number of nitrogens with one attached hydrogen (secondary N) is 1. The summed E-state index contributed by atoms with van der Waals surface area (Å²) in [6, 6.07) is 0.966. The third-order valence-electron chi connectivity index (χ3n) is 3.94. The molecule has 1 aromatic rings. The lowest BCUT2D eigenvalue weighted by Gasteiger charge is -2.38. The van der Waals surface area contributed by atoms with Crippen LogP contribution in [0.1, 0.15) is 32.0 Å². The SMILES string of the molecule is CCC1C(=O)NC(C2CC2)C(=O)N1Cc1ncccn1. The summed E-state index contributed by atoms with van der Waals surface area (Å²) in [6.07, 6.45) is 5.93. The van der Waals surface area contributed by atoms with Crippen LogP contribution in [-0.2, 0) is 16.1 Å². The first-order valence-corrected chi connectivity index (χ1v) is 7.07. The van der Waals surface area contributed by atoms with Crippen LogP contribution in [0.15, 0.2) is 18.5 Å². The molecule has 2 unspecified atom stereocenters. The molecule has 2 aliphatic rings. The fraction of sp³-hybridized carbons (Fsp3) is 0.571. The van der Waals surface area contributed by atoms with Crippen molar-refractivity contribution < 1.29 is 9.59 Å². The summed E-state index contributed by atoms with van der Waals surface area (Å²) in [5.74, 6) is 0.832. The maximum absolute atomic E-state index is 12.6. The Bertz CT molecular complexity index is 515. The third-order valence-corrected chi connectivity index (χ3v) is 3.94. The van der Waals surface area contributed by atoms with Gasteiger partial charge in [-0.3, -0.25) is 9.59 Å². The standard InChI is InChI=1S/C14H18N4O2/c1-2-10-13(19)17-12(9-4-5-9)14(20)18(10)8-11-15-6-3-7-16-11/h3,6-7,9-10,12H,2,4-5,8H2,1H3,(H,17,19). The molecule has 1 saturated heterocycles. The molecule has 0 aromatic carbocycles. The Kier molecular flexibility index (Phi) is 3.38. The van der Waals surface area contributed by atoms with E-state index in [1.807, 2.05) is 6.92 Å². The van der Waals surface area contributed by atoms with Gasteiger partial charge in [-0.05, 0) is 31.2 Å². The topological polar surface area (TPSA) is 75.2 Å². The monoisotopic (exact) mass is 274 g/mol. The Morgan fingerprint density at radius 2 is 2.00 bits per heavy atom. The fourth-order valence-electron chi connectivity index (χ4n) is 2.69. The Morgan fingerprint density at radius 1 is 1.30 bits per heavy atom. The highest BCUT2D eigenvalue weighted by Crippen LogP contribution is 2.35. The molecule has 1 N–H and O–H groups in total. The van der Waals surface area contributed by atoms with Gasteiger partial charge < -0.3 is 10.2 Å². The second-order valence-corrected chi connectivity index (χ2v) is 5.38. The summed E-state index contributed by atoms with van der Waals surface area (Å²) in [5.41, 5.74) is 0. The van der Waals surface area contributed by atoms with Crippen molar-refractivity contribution in [3.05, 3.63) is 24.3 Å². The first-order valence-electron chi connectivity index (χ1n) is 7.07. The molecule has 20 heavy (non-hydrogen) atoms. The molecule has 0 bridgehead atoms. The second-order valence-electron chi connectivity index (χ2n) is 5.38. The van der Waals surface area contributed by atoms with Gasteiger partial charge in [0.2, 0.25) is 11.8 Å². The first-order chi connectivity index (χ1) is 9.70. The lowest BCUT2D eigenvalue weighted by molar-refractivity contribution is -0.151. The molecule has 3 rings (SSSR count). The minimum absolute atomic E-state index is 0.00593. The second kappa shape index (κ2) is 5.19. The molecule has 1 aliphatic heterocycles. The number of hydrogen-bond donors (Lipinski definition) is 1. The highest BCUT2D eigenvalue weighted by Gasteiger charge is 2.46. The highest BCUT2D eigenvalue weighted by atomic mass is 16.2. The third kappa shape index (κ3) is 2.37. The number of rotatable bonds is 4. The lowest BCUT2D eigenvalue weighted by Crippen LogP contribution is -2.63. The van der Waals surface area contributed by atoms with Crippen molar-refractivity contribution in [2.45, 2.75) is 44.8 Å². The molecule has 106 valence electrons. The molecule has 6 nitrogen and oxygen atoms in total. The summed E-state index contributed by atoms with van der Waals surface area (Å²) < 4.78 is 0. The molecular weight excluding hydrogens is 256 g/mol. The molecular formula is C14H18N4O2. The van der Waals surface area contributed by atoms with Gasteiger partial charge in [-0.2, -0.15) is 0 Å². The number of aromatic nitrogens is 2. The van der Waals surface area contributed by atoms with Gasteiger partial charge in [-0.1, -0.05) is 6.92 Å². The van der Waals surface area contributed by atoms with E-state index >= 15 is 0 Å². The zero-order chi connectivity index (χ0) is 14.1. The van der Waals surface area contributed by atoms with E-state index in [-0.39, 0.29) is 17.9 Å². The van der Waals surface area contributed by atoms with E-state index in [4.69, 9.17) is 0 Å². The summed E-state index contributed by atoms with van der Waals surface area (Å²) in [4.78, 5) is 34.7. The molecule has 2 heterocycles. The van der Waals surface area contributed by atoms with E-state index in [9.17, 15) is 9.59 Å². The van der Waals surface area contributed by atoms with Gasteiger partial charge in [0, 0.05) is 12.4 Å². The van der Waals surface area contributed by atoms with E-state index in [0.29, 0.717) is 24.7 Å². The predicted octanol–water partition coefficient (Wildman–Crippen LogP) is 0.492. The summed E-state index contributed by atoms with van der Waals surface area (Å²) in [7, 11) is 0. The largest absolute Gasteiger partial charge is 0.342 e. The minimum atomic E-state index is -0.415. The number of piperazine rings is 1. The number of nitrogens with zero attached hydrogens (tertiary/aromatic N) is 3. The zero-order valence-electron chi connectivity index (χ0n) is 11.5. The maximum Gasteiger partial charge on any atom is 0.246 e. The van der Waals surface area contributed by atoms with Gasteiger partial charge in [0.1, 0.15) is 17.9 Å². The van der Waals surface area contributed by atoms with Crippen LogP contribution < -0.4 is 5.32 Å². The lowest BCUT2D eigenvalue weighted by atomic mass is 10.0. The van der Waals surface area contributed by atoms with Crippen LogP contribution in [0.5, 0.6) is 0 Å². The smallest absolute Gasteiger partial charge is 0.246 e. The van der Waals surface area contributed by atoms with Crippen LogP contribution in [0.2, 0.25) is 0 Å². The number of hydrogen-bond acceptors (Lipinski definition) is 4. The highest BCUT2D eigenvalue weighted by molar-refractivity contribution is 5.97. The van der Waals surface area contributed by atoms with Crippen LogP contribution >= 0.6 is 0 Å². The molecule has 1 saturated carbocycles. The van der Waals surface area contributed by atoms with Gasteiger partial charge in [0.25, 0.3) is 0 Å². The first kappa shape index (κ1) is 13.0. The molecule has 2 atom stereocenters. The van der Waals surface area contributed by atoms with Crippen molar-refractivity contribution in [1.29, 1.82) is 0 Å². The predicted molar refractivity (Wildman–Crippen MR) is 71.3 cm³/mol. The van der Waals surface area contributed by atoms with Crippen LogP contribution in [0.4, 0.5) is 0 Å². The van der Waals surface area contributed by atoms with Crippen molar-refractivity contribution in [2.75, 3.05) is 0 Å². The van der Waals surface area contributed by atoms with Crippen molar-refractivity contribution in [3.8, 4) is 0 Å². The maximum atomic E-state index is 12.6. The summed E-state index contributed by atoms with van der Waals surface area (Å²) in [6.45, 7) is 2.21. The number of carbonyl (C=O) groups is 2. The van der Waals surface area contributed by atoms with E-state index in [2.05, 4.69) is 15.3 Å². The fourth-order valence-corrected chi connectivity index (χ4v) is 2.69. The average Bonchev–Trinajstić information content (AvgIpc) is 3.28.